The van der Waals surface area contributed by atoms with Crippen LogP contribution >= 0.6 is 11.6 Å². The number of halogens is 1. The maximum atomic E-state index is 11.1. The highest BCUT2D eigenvalue weighted by atomic mass is 35.5. The van der Waals surface area contributed by atoms with E-state index in [4.69, 9.17) is 26.5 Å². The standard InChI is InChI=1S/C23H20ClN5O3.C3H6/c1-3-15(26)12-32-21-6-5-16(7-18(21)24)29-23-14(10-25)11-27-19-9-22(31-4-2)20(28-13-30)8-17(19)23;1-3-2/h3,5-9,11,13,26H,1,4,12H2,2H3,(H,27,29)(H,28,30);3H,1H2,2H3. The van der Waals surface area contributed by atoms with E-state index in [0.29, 0.717) is 63.1 Å². The maximum Gasteiger partial charge on any atom is 0.211 e. The lowest BCUT2D eigenvalue weighted by molar-refractivity contribution is -0.105. The van der Waals surface area contributed by atoms with Gasteiger partial charge in [-0.2, -0.15) is 5.26 Å². The number of carbonyl (C=O) groups is 1. The van der Waals surface area contributed by atoms with E-state index >= 15 is 0 Å². The first-order chi connectivity index (χ1) is 16.9. The second-order valence-electron chi connectivity index (χ2n) is 6.92. The van der Waals surface area contributed by atoms with Gasteiger partial charge in [0.15, 0.2) is 0 Å². The summed E-state index contributed by atoms with van der Waals surface area (Å²) in [4.78, 5) is 15.4. The van der Waals surface area contributed by atoms with Crippen molar-refractivity contribution in [2.24, 2.45) is 0 Å². The summed E-state index contributed by atoms with van der Waals surface area (Å²) in [5.41, 5.74) is 2.71. The Labute approximate surface area is 209 Å². The van der Waals surface area contributed by atoms with Gasteiger partial charge in [0.1, 0.15) is 24.2 Å². The first kappa shape index (κ1) is 26.9. The Kier molecular flexibility index (Phi) is 10.3. The van der Waals surface area contributed by atoms with E-state index in [9.17, 15) is 10.1 Å². The largest absolute Gasteiger partial charge is 0.492 e. The summed E-state index contributed by atoms with van der Waals surface area (Å²) in [5, 5.41) is 24.0. The van der Waals surface area contributed by atoms with Gasteiger partial charge in [-0.25, -0.2) is 0 Å². The van der Waals surface area contributed by atoms with Gasteiger partial charge in [-0.1, -0.05) is 24.3 Å². The van der Waals surface area contributed by atoms with Gasteiger partial charge in [0.25, 0.3) is 0 Å². The number of rotatable bonds is 10. The minimum atomic E-state index is 0.0538. The van der Waals surface area contributed by atoms with Gasteiger partial charge >= 0.3 is 0 Å². The molecule has 9 heteroatoms. The van der Waals surface area contributed by atoms with Crippen LogP contribution < -0.4 is 20.1 Å². The number of allylic oxidation sites excluding steroid dienone is 1. The number of carbonyl (C=O) groups excluding carboxylic acids is 1. The lowest BCUT2D eigenvalue weighted by atomic mass is 10.1. The average molecular weight is 492 g/mol. The van der Waals surface area contributed by atoms with Crippen molar-refractivity contribution in [1.29, 1.82) is 10.7 Å². The molecule has 2 aromatic carbocycles. The number of ether oxygens (including phenoxy) is 2. The third-order valence-electron chi connectivity index (χ3n) is 4.43. The fourth-order valence-corrected chi connectivity index (χ4v) is 3.18. The summed E-state index contributed by atoms with van der Waals surface area (Å²) in [6.45, 7) is 11.1. The Bertz CT molecular complexity index is 1280. The van der Waals surface area contributed by atoms with Gasteiger partial charge in [0.05, 0.1) is 39.8 Å². The molecule has 0 radical (unpaired) electrons. The Morgan fingerprint density at radius 2 is 2.00 bits per heavy atom. The first-order valence-corrected chi connectivity index (χ1v) is 11.0. The van der Waals surface area contributed by atoms with E-state index in [2.05, 4.69) is 34.8 Å². The molecule has 0 saturated heterocycles. The Morgan fingerprint density at radius 1 is 1.26 bits per heavy atom. The molecule has 0 spiro atoms. The van der Waals surface area contributed by atoms with Crippen molar-refractivity contribution in [2.45, 2.75) is 13.8 Å². The number of hydrogen-bond donors (Lipinski definition) is 3. The van der Waals surface area contributed by atoms with Gasteiger partial charge in [-0.15, -0.1) is 6.58 Å². The number of hydrogen-bond acceptors (Lipinski definition) is 7. The van der Waals surface area contributed by atoms with Gasteiger partial charge in [0.2, 0.25) is 6.41 Å². The Balaban J connectivity index is 0.00000137. The summed E-state index contributed by atoms with van der Waals surface area (Å²) < 4.78 is 11.1. The summed E-state index contributed by atoms with van der Waals surface area (Å²) in [6.07, 6.45) is 5.17. The number of benzene rings is 2. The van der Waals surface area contributed by atoms with Crippen LogP contribution in [0.1, 0.15) is 19.4 Å². The lowest BCUT2D eigenvalue weighted by Gasteiger charge is -2.16. The smallest absolute Gasteiger partial charge is 0.211 e. The van der Waals surface area contributed by atoms with Crippen LogP contribution in [0.25, 0.3) is 10.9 Å². The molecule has 8 nitrogen and oxygen atoms in total. The molecule has 3 aromatic rings. The van der Waals surface area contributed by atoms with Crippen LogP contribution in [0.5, 0.6) is 11.5 Å². The van der Waals surface area contributed by atoms with Gasteiger partial charge in [-0.05, 0) is 44.2 Å². The zero-order chi connectivity index (χ0) is 25.8. The average Bonchev–Trinajstić information content (AvgIpc) is 2.85. The van der Waals surface area contributed by atoms with Gasteiger partial charge in [0, 0.05) is 23.3 Å². The monoisotopic (exact) mass is 491 g/mol. The molecule has 0 unspecified atom stereocenters. The molecule has 0 saturated carbocycles. The lowest BCUT2D eigenvalue weighted by Crippen LogP contribution is -2.07. The molecule has 0 atom stereocenters. The predicted octanol–water partition coefficient (Wildman–Crippen LogP) is 6.25. The van der Waals surface area contributed by atoms with Gasteiger partial charge < -0.3 is 25.5 Å². The summed E-state index contributed by atoms with van der Waals surface area (Å²) >= 11 is 6.33. The fourth-order valence-electron chi connectivity index (χ4n) is 2.94. The van der Waals surface area contributed by atoms with Crippen molar-refractivity contribution in [2.75, 3.05) is 23.8 Å². The van der Waals surface area contributed by atoms with E-state index in [1.165, 1.54) is 12.3 Å². The predicted molar refractivity (Wildman–Crippen MR) is 141 cm³/mol. The highest BCUT2D eigenvalue weighted by Crippen LogP contribution is 2.37. The van der Waals surface area contributed by atoms with Crippen LogP contribution in [0.15, 0.2) is 61.8 Å². The molecule has 0 fully saturated rings. The summed E-state index contributed by atoms with van der Waals surface area (Å²) in [6, 6.07) is 10.6. The second-order valence-corrected chi connectivity index (χ2v) is 7.32. The highest BCUT2D eigenvalue weighted by Gasteiger charge is 2.15. The van der Waals surface area contributed by atoms with Crippen molar-refractivity contribution in [1.82, 2.24) is 4.98 Å². The SMILES string of the molecule is C=CC.C=CC(=N)COc1ccc(Nc2c(C#N)cnc3cc(OCC)c(NC=O)cc23)cc1Cl. The first-order valence-electron chi connectivity index (χ1n) is 10.6. The number of amides is 1. The van der Waals surface area contributed by atoms with E-state index in [-0.39, 0.29) is 12.3 Å². The summed E-state index contributed by atoms with van der Waals surface area (Å²) in [7, 11) is 0. The van der Waals surface area contributed by atoms with Crippen LogP contribution in [0.2, 0.25) is 5.02 Å². The van der Waals surface area contributed by atoms with Crippen LogP contribution in [-0.4, -0.2) is 30.3 Å². The van der Waals surface area contributed by atoms with Crippen molar-refractivity contribution >= 4 is 51.7 Å². The van der Waals surface area contributed by atoms with Gasteiger partial charge in [-0.3, -0.25) is 9.78 Å². The van der Waals surface area contributed by atoms with E-state index in [1.807, 2.05) is 13.8 Å². The molecule has 3 N–H and O–H groups in total. The maximum absolute atomic E-state index is 11.1. The molecular weight excluding hydrogens is 466 g/mol. The molecule has 1 heterocycles. The number of fused-ring (bicyclic) bond motifs is 1. The molecule has 0 aliphatic carbocycles. The van der Waals surface area contributed by atoms with Crippen LogP contribution in [0, 0.1) is 16.7 Å². The third kappa shape index (κ3) is 7.06. The number of pyridine rings is 1. The number of aromatic nitrogens is 1. The molecule has 3 rings (SSSR count). The fraction of sp³-hybridized carbons (Fsp3) is 0.154. The Morgan fingerprint density at radius 3 is 2.60 bits per heavy atom. The molecule has 0 aliphatic heterocycles. The molecule has 180 valence electrons. The second kappa shape index (κ2) is 13.4. The van der Waals surface area contributed by atoms with Crippen molar-refractivity contribution in [3.63, 3.8) is 0 Å². The van der Waals surface area contributed by atoms with E-state index in [1.54, 1.807) is 36.4 Å². The molecule has 1 amide bonds. The number of nitriles is 1. The summed E-state index contributed by atoms with van der Waals surface area (Å²) in [5.74, 6) is 0.896. The topological polar surface area (TPSA) is 120 Å². The molecule has 35 heavy (non-hydrogen) atoms. The molecule has 1 aromatic heterocycles. The molecular formula is C26H26ClN5O3. The zero-order valence-corrected chi connectivity index (χ0v) is 20.3. The van der Waals surface area contributed by atoms with E-state index in [0.717, 1.165) is 0 Å². The van der Waals surface area contributed by atoms with Crippen molar-refractivity contribution < 1.29 is 14.3 Å². The minimum Gasteiger partial charge on any atom is -0.492 e. The van der Waals surface area contributed by atoms with Crippen molar-refractivity contribution in [3.05, 3.63) is 72.4 Å². The highest BCUT2D eigenvalue weighted by molar-refractivity contribution is 6.32. The Hall–Kier alpha value is -4.35. The zero-order valence-electron chi connectivity index (χ0n) is 19.5. The molecule has 0 aliphatic rings. The number of nitrogens with zero attached hydrogens (tertiary/aromatic N) is 2. The van der Waals surface area contributed by atoms with Crippen LogP contribution in [0.4, 0.5) is 17.1 Å². The normalized spacial score (nSPS) is 9.66. The number of anilines is 3. The van der Waals surface area contributed by atoms with E-state index < -0.39 is 0 Å². The quantitative estimate of drug-likeness (QED) is 0.175. The van der Waals surface area contributed by atoms with Crippen molar-refractivity contribution in [3.8, 4) is 17.6 Å². The third-order valence-corrected chi connectivity index (χ3v) is 4.73. The number of nitrogens with one attached hydrogen (secondary N) is 3. The van der Waals surface area contributed by atoms with Crippen LogP contribution in [-0.2, 0) is 4.79 Å². The minimum absolute atomic E-state index is 0.0538. The molecule has 0 bridgehead atoms. The van der Waals surface area contributed by atoms with Crippen LogP contribution in [0.3, 0.4) is 0 Å².